The summed E-state index contributed by atoms with van der Waals surface area (Å²) < 4.78 is 5.79. The molecule has 2 aromatic carbocycles. The fourth-order valence-corrected chi connectivity index (χ4v) is 2.91. The molecule has 0 spiro atoms. The fraction of sp³-hybridized carbons (Fsp3) is 0.0500. The third-order valence-corrected chi connectivity index (χ3v) is 4.33. The van der Waals surface area contributed by atoms with E-state index in [2.05, 4.69) is 15.0 Å². The van der Waals surface area contributed by atoms with Gasteiger partial charge in [0, 0.05) is 11.8 Å². The number of nitrogens with zero attached hydrogens (tertiary/aromatic N) is 2. The van der Waals surface area contributed by atoms with Crippen LogP contribution >= 0.6 is 11.6 Å². The van der Waals surface area contributed by atoms with Gasteiger partial charge in [-0.15, -0.1) is 0 Å². The van der Waals surface area contributed by atoms with E-state index in [1.54, 1.807) is 30.5 Å². The maximum Gasteiger partial charge on any atom is 0.195 e. The number of hydrogen-bond donors (Lipinski definition) is 1. The van der Waals surface area contributed by atoms with Gasteiger partial charge in [-0.1, -0.05) is 29.3 Å². The molecule has 0 unspecified atom stereocenters. The van der Waals surface area contributed by atoms with Crippen molar-refractivity contribution < 1.29 is 9.53 Å². The van der Waals surface area contributed by atoms with Crippen molar-refractivity contribution in [3.8, 4) is 11.5 Å². The maximum absolute atomic E-state index is 12.8. The second-order valence-electron chi connectivity index (χ2n) is 5.86. The van der Waals surface area contributed by atoms with E-state index in [9.17, 15) is 4.79 Å². The minimum Gasteiger partial charge on any atom is -0.457 e. The van der Waals surface area contributed by atoms with Crippen LogP contribution in [0.25, 0.3) is 11.0 Å². The topological polar surface area (TPSA) is 67.9 Å². The van der Waals surface area contributed by atoms with Crippen molar-refractivity contribution in [2.45, 2.75) is 6.92 Å². The number of carbonyl (C=O) groups excluding carboxylic acids is 1. The average Bonchev–Trinajstić information content (AvgIpc) is 3.09. The average molecular weight is 364 g/mol. The lowest BCUT2D eigenvalue weighted by Crippen LogP contribution is -2.00. The van der Waals surface area contributed by atoms with Crippen molar-refractivity contribution in [2.24, 2.45) is 0 Å². The highest BCUT2D eigenvalue weighted by atomic mass is 35.5. The van der Waals surface area contributed by atoms with Crippen molar-refractivity contribution in [1.82, 2.24) is 15.0 Å². The van der Waals surface area contributed by atoms with Crippen LogP contribution in [-0.2, 0) is 0 Å². The molecular weight excluding hydrogens is 350 g/mol. The molecule has 0 atom stereocenters. The number of nitrogens with one attached hydrogen (secondary N) is 1. The lowest BCUT2D eigenvalue weighted by molar-refractivity contribution is 0.104. The molecule has 0 aliphatic carbocycles. The Balaban J connectivity index is 1.60. The van der Waals surface area contributed by atoms with Gasteiger partial charge in [-0.2, -0.15) is 0 Å². The van der Waals surface area contributed by atoms with Crippen LogP contribution in [0.15, 0.2) is 61.1 Å². The first-order valence-corrected chi connectivity index (χ1v) is 8.36. The Morgan fingerprint density at radius 3 is 2.35 bits per heavy atom. The largest absolute Gasteiger partial charge is 0.457 e. The molecule has 2 aromatic heterocycles. The Labute approximate surface area is 154 Å². The summed E-state index contributed by atoms with van der Waals surface area (Å²) in [5, 5.41) is 0.776. The van der Waals surface area contributed by atoms with Crippen molar-refractivity contribution in [2.75, 3.05) is 0 Å². The van der Waals surface area contributed by atoms with Crippen LogP contribution in [0.5, 0.6) is 11.5 Å². The van der Waals surface area contributed by atoms with Crippen molar-refractivity contribution in [3.63, 3.8) is 0 Å². The third-order valence-electron chi connectivity index (χ3n) is 4.04. The fourth-order valence-electron chi connectivity index (χ4n) is 2.68. The summed E-state index contributed by atoms with van der Waals surface area (Å²) in [6.07, 6.45) is 2.96. The molecule has 0 bridgehead atoms. The Morgan fingerprint density at radius 2 is 1.65 bits per heavy atom. The van der Waals surface area contributed by atoms with Gasteiger partial charge in [0.1, 0.15) is 28.6 Å². The summed E-state index contributed by atoms with van der Waals surface area (Å²) >= 11 is 6.12. The van der Waals surface area contributed by atoms with E-state index in [0.717, 1.165) is 5.75 Å². The second kappa shape index (κ2) is 6.61. The second-order valence-corrected chi connectivity index (χ2v) is 6.22. The van der Waals surface area contributed by atoms with Gasteiger partial charge in [0.2, 0.25) is 0 Å². The van der Waals surface area contributed by atoms with Crippen LogP contribution in [0.2, 0.25) is 5.15 Å². The molecule has 0 radical (unpaired) electrons. The number of carbonyl (C=O) groups is 1. The number of halogens is 1. The summed E-state index contributed by atoms with van der Waals surface area (Å²) in [7, 11) is 0. The number of ketones is 1. The van der Waals surface area contributed by atoms with E-state index >= 15 is 0 Å². The first kappa shape index (κ1) is 16.3. The number of H-pyrrole nitrogens is 1. The summed E-state index contributed by atoms with van der Waals surface area (Å²) in [5.74, 6) is 1.25. The van der Waals surface area contributed by atoms with Crippen molar-refractivity contribution >= 4 is 28.4 Å². The monoisotopic (exact) mass is 363 g/mol. The molecule has 0 aliphatic heterocycles. The molecule has 0 saturated heterocycles. The third kappa shape index (κ3) is 3.05. The Kier molecular flexibility index (Phi) is 4.14. The number of fused-ring (bicyclic) bond motifs is 1. The Bertz CT molecular complexity index is 1090. The van der Waals surface area contributed by atoms with Crippen LogP contribution in [0.1, 0.15) is 21.5 Å². The van der Waals surface area contributed by atoms with Gasteiger partial charge in [-0.3, -0.25) is 4.79 Å². The van der Waals surface area contributed by atoms with Gasteiger partial charge in [0.15, 0.2) is 5.78 Å². The first-order chi connectivity index (χ1) is 12.6. The molecule has 0 fully saturated rings. The molecule has 4 aromatic rings. The molecule has 0 amide bonds. The number of aromatic nitrogens is 3. The van der Waals surface area contributed by atoms with Gasteiger partial charge < -0.3 is 9.72 Å². The Morgan fingerprint density at radius 1 is 1.00 bits per heavy atom. The van der Waals surface area contributed by atoms with Gasteiger partial charge in [0.05, 0.1) is 10.9 Å². The summed E-state index contributed by atoms with van der Waals surface area (Å²) in [4.78, 5) is 23.8. The molecule has 4 rings (SSSR count). The maximum atomic E-state index is 12.8. The summed E-state index contributed by atoms with van der Waals surface area (Å²) in [6, 6.07) is 14.8. The number of ether oxygens (including phenoxy) is 1. The molecular formula is C20H14ClN3O2. The van der Waals surface area contributed by atoms with E-state index in [0.29, 0.717) is 27.9 Å². The molecule has 2 heterocycles. The number of aromatic amines is 1. The molecule has 128 valence electrons. The molecule has 0 saturated carbocycles. The zero-order valence-electron chi connectivity index (χ0n) is 13.9. The van der Waals surface area contributed by atoms with Gasteiger partial charge in [0.25, 0.3) is 0 Å². The number of rotatable bonds is 4. The van der Waals surface area contributed by atoms with Gasteiger partial charge in [-0.25, -0.2) is 9.97 Å². The predicted octanol–water partition coefficient (Wildman–Crippen LogP) is 4.94. The lowest BCUT2D eigenvalue weighted by Gasteiger charge is -2.07. The standard InChI is InChI=1S/C20H14ClN3O2/c1-12-2-6-14(7-3-12)26-15-8-4-13(5-9-15)18(25)16-10-22-20-17(16)19(21)23-11-24-20/h2-11H,1H3,(H,22,23,24). The smallest absolute Gasteiger partial charge is 0.195 e. The van der Waals surface area contributed by atoms with Crippen molar-refractivity contribution in [1.29, 1.82) is 0 Å². The molecule has 5 nitrogen and oxygen atoms in total. The highest BCUT2D eigenvalue weighted by Gasteiger charge is 2.17. The van der Waals surface area contributed by atoms with Gasteiger partial charge in [-0.05, 0) is 43.3 Å². The van der Waals surface area contributed by atoms with Crippen LogP contribution in [0, 0.1) is 6.92 Å². The zero-order chi connectivity index (χ0) is 18.1. The molecule has 1 N–H and O–H groups in total. The van der Waals surface area contributed by atoms with E-state index in [1.807, 2.05) is 31.2 Å². The number of aryl methyl sites for hydroxylation is 1. The van der Waals surface area contributed by atoms with Crippen LogP contribution in [0.4, 0.5) is 0 Å². The zero-order valence-corrected chi connectivity index (χ0v) is 14.6. The number of benzene rings is 2. The minimum absolute atomic E-state index is 0.158. The SMILES string of the molecule is Cc1ccc(Oc2ccc(C(=O)c3c[nH]c4ncnc(Cl)c34)cc2)cc1. The highest BCUT2D eigenvalue weighted by molar-refractivity contribution is 6.36. The number of hydrogen-bond acceptors (Lipinski definition) is 4. The molecule has 6 heteroatoms. The summed E-state index contributed by atoms with van der Waals surface area (Å²) in [5.41, 5.74) is 2.67. The Hall–Kier alpha value is -3.18. The normalized spacial score (nSPS) is 10.8. The minimum atomic E-state index is -0.158. The van der Waals surface area contributed by atoms with Crippen LogP contribution < -0.4 is 4.74 Å². The molecule has 0 aliphatic rings. The van der Waals surface area contributed by atoms with Gasteiger partial charge >= 0.3 is 0 Å². The lowest BCUT2D eigenvalue weighted by atomic mass is 10.0. The van der Waals surface area contributed by atoms with E-state index in [-0.39, 0.29) is 10.9 Å². The van der Waals surface area contributed by atoms with Crippen molar-refractivity contribution in [3.05, 3.63) is 82.9 Å². The van der Waals surface area contributed by atoms with E-state index in [4.69, 9.17) is 16.3 Å². The predicted molar refractivity (Wildman–Crippen MR) is 100 cm³/mol. The van der Waals surface area contributed by atoms with E-state index in [1.165, 1.54) is 11.9 Å². The summed E-state index contributed by atoms with van der Waals surface area (Å²) in [6.45, 7) is 2.02. The van der Waals surface area contributed by atoms with Crippen LogP contribution in [-0.4, -0.2) is 20.7 Å². The van der Waals surface area contributed by atoms with E-state index < -0.39 is 0 Å². The van der Waals surface area contributed by atoms with Crippen LogP contribution in [0.3, 0.4) is 0 Å². The first-order valence-electron chi connectivity index (χ1n) is 7.99. The quantitative estimate of drug-likeness (QED) is 0.411. The molecule has 26 heavy (non-hydrogen) atoms. The highest BCUT2D eigenvalue weighted by Crippen LogP contribution is 2.27.